The molecule has 1 atom stereocenters. The minimum atomic E-state index is -0.114. The van der Waals surface area contributed by atoms with Crippen LogP contribution in [0.2, 0.25) is 0 Å². The number of thiophene rings is 1. The molecule has 0 aliphatic carbocycles. The normalized spacial score (nSPS) is 13.4. The molecule has 0 fully saturated rings. The second-order valence-corrected chi connectivity index (χ2v) is 10.7. The van der Waals surface area contributed by atoms with Crippen molar-refractivity contribution in [1.29, 1.82) is 0 Å². The van der Waals surface area contributed by atoms with Crippen LogP contribution in [0.1, 0.15) is 47.6 Å². The molecule has 0 unspecified atom stereocenters. The summed E-state index contributed by atoms with van der Waals surface area (Å²) < 4.78 is 13.0. The Bertz CT molecular complexity index is 1600. The maximum Gasteiger partial charge on any atom is 0.252 e. The number of nitrogens with zero attached hydrogens (tertiary/aromatic N) is 5. The van der Waals surface area contributed by atoms with Gasteiger partial charge in [-0.1, -0.05) is 49.7 Å². The Balaban J connectivity index is 1.33. The third-order valence-electron chi connectivity index (χ3n) is 7.04. The molecule has 0 radical (unpaired) electrons. The molecule has 3 aromatic heterocycles. The molecule has 1 N–H and O–H groups in total. The fraction of sp³-hybridized carbons (Fsp3) is 0.310. The minimum Gasteiger partial charge on any atom is -0.454 e. The molecule has 10 heteroatoms. The van der Waals surface area contributed by atoms with E-state index >= 15 is 0 Å². The molecule has 9 nitrogen and oxygen atoms in total. The molecule has 200 valence electrons. The number of benzene rings is 2. The predicted molar refractivity (Wildman–Crippen MR) is 150 cm³/mol. The van der Waals surface area contributed by atoms with Crippen LogP contribution in [0, 0.1) is 0 Å². The van der Waals surface area contributed by atoms with Crippen molar-refractivity contribution < 1.29 is 9.47 Å². The summed E-state index contributed by atoms with van der Waals surface area (Å²) in [5, 5.41) is 15.9. The Morgan fingerprint density at radius 3 is 2.72 bits per heavy atom. The maximum atomic E-state index is 13.3. The van der Waals surface area contributed by atoms with Crippen molar-refractivity contribution >= 4 is 22.2 Å². The molecule has 0 bridgehead atoms. The number of fused-ring (bicyclic) bond motifs is 2. The van der Waals surface area contributed by atoms with E-state index in [1.165, 1.54) is 10.4 Å². The van der Waals surface area contributed by atoms with Gasteiger partial charge in [0.2, 0.25) is 6.79 Å². The van der Waals surface area contributed by atoms with Crippen molar-refractivity contribution in [1.82, 2.24) is 30.1 Å². The second-order valence-electron chi connectivity index (χ2n) is 9.70. The van der Waals surface area contributed by atoms with E-state index in [4.69, 9.17) is 9.47 Å². The lowest BCUT2D eigenvalue weighted by molar-refractivity contribution is 0.157. The number of pyridine rings is 1. The Labute approximate surface area is 230 Å². The lowest BCUT2D eigenvalue weighted by Gasteiger charge is -2.30. The zero-order valence-corrected chi connectivity index (χ0v) is 22.6. The van der Waals surface area contributed by atoms with Crippen LogP contribution >= 0.6 is 11.3 Å². The third kappa shape index (κ3) is 5.57. The standard InChI is InChI=1S/C29H30N6O3S/c1-2-7-25(28-31-32-33-35(28)12-11-20-8-4-3-5-9-20)34(18-23-10-6-13-39-23)17-22-14-21-15-26-27(38-19-37-26)16-24(21)30-29(22)36/h3-6,8-10,13-16,25H,2,7,11-12,17-19H2,1H3,(H,30,36)/t25-/m1/s1. The first-order valence-electron chi connectivity index (χ1n) is 13.2. The Kier molecular flexibility index (Phi) is 7.38. The minimum absolute atomic E-state index is 0.0604. The lowest BCUT2D eigenvalue weighted by Crippen LogP contribution is -2.32. The van der Waals surface area contributed by atoms with Crippen LogP contribution in [0.15, 0.2) is 70.8 Å². The molecule has 0 amide bonds. The molecule has 0 saturated heterocycles. The first kappa shape index (κ1) is 25.3. The fourth-order valence-corrected chi connectivity index (χ4v) is 5.82. The van der Waals surface area contributed by atoms with E-state index in [1.54, 1.807) is 11.3 Å². The van der Waals surface area contributed by atoms with Crippen LogP contribution in [0.3, 0.4) is 0 Å². The molecule has 5 aromatic rings. The van der Waals surface area contributed by atoms with Gasteiger partial charge in [-0.3, -0.25) is 9.69 Å². The van der Waals surface area contributed by atoms with E-state index in [1.807, 2.05) is 41.1 Å². The quantitative estimate of drug-likeness (QED) is 0.248. The molecule has 4 heterocycles. The predicted octanol–water partition coefficient (Wildman–Crippen LogP) is 5.09. The van der Waals surface area contributed by atoms with Crippen LogP contribution < -0.4 is 15.0 Å². The number of aromatic nitrogens is 5. The summed E-state index contributed by atoms with van der Waals surface area (Å²) in [5.74, 6) is 2.16. The number of ether oxygens (including phenoxy) is 2. The summed E-state index contributed by atoms with van der Waals surface area (Å²) in [7, 11) is 0. The van der Waals surface area contributed by atoms with E-state index in [-0.39, 0.29) is 18.4 Å². The first-order valence-corrected chi connectivity index (χ1v) is 14.1. The van der Waals surface area contributed by atoms with Gasteiger partial charge in [0.1, 0.15) is 0 Å². The monoisotopic (exact) mass is 542 g/mol. The van der Waals surface area contributed by atoms with Crippen molar-refractivity contribution in [3.8, 4) is 11.5 Å². The smallest absolute Gasteiger partial charge is 0.252 e. The van der Waals surface area contributed by atoms with Gasteiger partial charge in [0.25, 0.3) is 5.56 Å². The van der Waals surface area contributed by atoms with Gasteiger partial charge >= 0.3 is 0 Å². The van der Waals surface area contributed by atoms with Crippen LogP contribution in [-0.4, -0.2) is 36.9 Å². The molecular weight excluding hydrogens is 512 g/mol. The number of rotatable bonds is 11. The van der Waals surface area contributed by atoms with Gasteiger partial charge in [-0.25, -0.2) is 4.68 Å². The van der Waals surface area contributed by atoms with E-state index in [9.17, 15) is 4.79 Å². The van der Waals surface area contributed by atoms with Crippen molar-refractivity contribution in [3.05, 3.63) is 98.2 Å². The van der Waals surface area contributed by atoms with Gasteiger partial charge in [-0.05, 0) is 52.4 Å². The van der Waals surface area contributed by atoms with Crippen molar-refractivity contribution in [2.45, 2.75) is 51.9 Å². The molecule has 1 aliphatic heterocycles. The average Bonchev–Trinajstić information content (AvgIpc) is 3.72. The summed E-state index contributed by atoms with van der Waals surface area (Å²) >= 11 is 1.71. The number of aryl methyl sites for hydroxylation is 2. The Morgan fingerprint density at radius 2 is 1.92 bits per heavy atom. The van der Waals surface area contributed by atoms with Gasteiger partial charge in [-0.2, -0.15) is 0 Å². The van der Waals surface area contributed by atoms with Crippen LogP contribution in [0.5, 0.6) is 11.5 Å². The van der Waals surface area contributed by atoms with Crippen molar-refractivity contribution in [2.75, 3.05) is 6.79 Å². The summed E-state index contributed by atoms with van der Waals surface area (Å²) in [6.07, 6.45) is 2.65. The van der Waals surface area contributed by atoms with Crippen LogP contribution in [-0.2, 0) is 26.1 Å². The van der Waals surface area contributed by atoms with Gasteiger partial charge in [0.15, 0.2) is 17.3 Å². The highest BCUT2D eigenvalue weighted by Crippen LogP contribution is 2.35. The second kappa shape index (κ2) is 11.4. The highest BCUT2D eigenvalue weighted by Gasteiger charge is 2.27. The SMILES string of the molecule is CCC[C@H](c1nnnn1CCc1ccccc1)N(Cc1cccs1)Cc1cc2cc3c(cc2[nH]c1=O)OCO3. The number of H-pyrrole nitrogens is 1. The number of nitrogens with one attached hydrogen (secondary N) is 1. The molecular formula is C29H30N6O3S. The van der Waals surface area contributed by atoms with E-state index < -0.39 is 0 Å². The fourth-order valence-electron chi connectivity index (χ4n) is 5.09. The number of hydrogen-bond acceptors (Lipinski definition) is 8. The Morgan fingerprint density at radius 1 is 1.08 bits per heavy atom. The van der Waals surface area contributed by atoms with E-state index in [2.05, 4.69) is 62.0 Å². The summed E-state index contributed by atoms with van der Waals surface area (Å²) in [6, 6.07) is 20.2. The van der Waals surface area contributed by atoms with Gasteiger partial charge < -0.3 is 14.5 Å². The average molecular weight is 543 g/mol. The Hall–Kier alpha value is -4.02. The highest BCUT2D eigenvalue weighted by atomic mass is 32.1. The molecule has 39 heavy (non-hydrogen) atoms. The van der Waals surface area contributed by atoms with Crippen LogP contribution in [0.4, 0.5) is 0 Å². The summed E-state index contributed by atoms with van der Waals surface area (Å²) in [5.41, 5.74) is 2.54. The zero-order chi connectivity index (χ0) is 26.6. The summed E-state index contributed by atoms with van der Waals surface area (Å²) in [6.45, 7) is 4.18. The van der Waals surface area contributed by atoms with Gasteiger partial charge in [0, 0.05) is 41.5 Å². The lowest BCUT2D eigenvalue weighted by atomic mass is 10.1. The molecule has 0 spiro atoms. The highest BCUT2D eigenvalue weighted by molar-refractivity contribution is 7.09. The molecule has 6 rings (SSSR count). The van der Waals surface area contributed by atoms with Crippen molar-refractivity contribution in [3.63, 3.8) is 0 Å². The molecule has 0 saturated carbocycles. The van der Waals surface area contributed by atoms with Gasteiger partial charge in [0.05, 0.1) is 11.6 Å². The van der Waals surface area contributed by atoms with Crippen molar-refractivity contribution in [2.24, 2.45) is 0 Å². The van der Waals surface area contributed by atoms with E-state index in [0.29, 0.717) is 36.7 Å². The van der Waals surface area contributed by atoms with E-state index in [0.717, 1.165) is 36.0 Å². The number of tetrazole rings is 1. The summed E-state index contributed by atoms with van der Waals surface area (Å²) in [4.78, 5) is 19.9. The first-order chi connectivity index (χ1) is 19.2. The topological polar surface area (TPSA) is 98.2 Å². The molecule has 2 aromatic carbocycles. The largest absolute Gasteiger partial charge is 0.454 e. The number of aromatic amines is 1. The number of hydrogen-bond donors (Lipinski definition) is 1. The third-order valence-corrected chi connectivity index (χ3v) is 7.90. The van der Waals surface area contributed by atoms with Gasteiger partial charge in [-0.15, -0.1) is 16.4 Å². The maximum absolute atomic E-state index is 13.3. The zero-order valence-electron chi connectivity index (χ0n) is 21.7. The molecule has 1 aliphatic rings. The van der Waals surface area contributed by atoms with Crippen LogP contribution in [0.25, 0.3) is 10.9 Å².